The molecule has 29 heavy (non-hydrogen) atoms. The zero-order valence-electron chi connectivity index (χ0n) is 16.6. The normalized spacial score (nSPS) is 34.2. The zero-order valence-corrected chi connectivity index (χ0v) is 17.4. The number of carboxylic acid groups (broad SMARTS) is 1. The molecule has 0 aromatic heterocycles. The van der Waals surface area contributed by atoms with Gasteiger partial charge in [0.25, 0.3) is 5.91 Å². The van der Waals surface area contributed by atoms with Crippen LogP contribution in [0.2, 0.25) is 0 Å². The Hall–Kier alpha value is -1.81. The van der Waals surface area contributed by atoms with Gasteiger partial charge in [-0.2, -0.15) is 0 Å². The molecule has 0 bridgehead atoms. The molecule has 4 saturated heterocycles. The first-order valence-electron chi connectivity index (χ1n) is 10.2. The third-order valence-corrected chi connectivity index (χ3v) is 8.14. The van der Waals surface area contributed by atoms with E-state index in [0.29, 0.717) is 32.5 Å². The maximum atomic E-state index is 13.0. The van der Waals surface area contributed by atoms with Crippen molar-refractivity contribution < 1.29 is 29.4 Å². The Morgan fingerprint density at radius 3 is 2.41 bits per heavy atom. The average molecular weight is 426 g/mol. The van der Waals surface area contributed by atoms with Crippen molar-refractivity contribution in [2.45, 2.75) is 67.8 Å². The SMILES string of the molecule is CC1(C)S[C@@H]2[C@H]([C@H](O)C(=O)N3CCC[C@H]3C(=O)N3CCCC3)C(=O)N2[C@H]1C(=O)O. The molecule has 0 aliphatic carbocycles. The molecule has 0 aromatic carbocycles. The van der Waals surface area contributed by atoms with E-state index >= 15 is 0 Å². The van der Waals surface area contributed by atoms with E-state index in [1.807, 2.05) is 0 Å². The quantitative estimate of drug-likeness (QED) is 0.595. The smallest absolute Gasteiger partial charge is 0.327 e. The van der Waals surface area contributed by atoms with Crippen LogP contribution in [-0.2, 0) is 19.2 Å². The van der Waals surface area contributed by atoms with Gasteiger partial charge in [0.2, 0.25) is 11.8 Å². The van der Waals surface area contributed by atoms with Crippen LogP contribution in [0.3, 0.4) is 0 Å². The molecule has 2 N–H and O–H groups in total. The van der Waals surface area contributed by atoms with Gasteiger partial charge >= 0.3 is 5.97 Å². The highest BCUT2D eigenvalue weighted by atomic mass is 32.2. The van der Waals surface area contributed by atoms with Crippen LogP contribution in [0, 0.1) is 5.92 Å². The van der Waals surface area contributed by atoms with Gasteiger partial charge in [-0.3, -0.25) is 14.4 Å². The molecule has 4 aliphatic rings. The van der Waals surface area contributed by atoms with Gasteiger partial charge in [0, 0.05) is 24.4 Å². The van der Waals surface area contributed by atoms with E-state index in [4.69, 9.17) is 0 Å². The molecule has 0 spiro atoms. The van der Waals surface area contributed by atoms with Gasteiger partial charge < -0.3 is 24.9 Å². The van der Waals surface area contributed by atoms with Gasteiger partial charge in [0.1, 0.15) is 24.1 Å². The molecule has 10 heteroatoms. The first kappa shape index (κ1) is 20.5. The van der Waals surface area contributed by atoms with Crippen molar-refractivity contribution in [1.29, 1.82) is 0 Å². The predicted molar refractivity (Wildman–Crippen MR) is 104 cm³/mol. The molecular formula is C19H27N3O6S. The maximum absolute atomic E-state index is 13.0. The fourth-order valence-electron chi connectivity index (χ4n) is 5.09. The number of carbonyl (C=O) groups is 4. The minimum absolute atomic E-state index is 0.0792. The standard InChI is InChI=1S/C19H27N3O6S/c1-19(2)13(18(27)28)22-15(25)11(17(22)29-19)12(23)16(26)21-9-5-6-10(21)14(24)20-7-3-4-8-20/h10-13,17,23H,3-9H2,1-2H3,(H,27,28)/t10-,11+,12-,13-,17+/m0/s1. The van der Waals surface area contributed by atoms with Crippen molar-refractivity contribution in [3.63, 3.8) is 0 Å². The van der Waals surface area contributed by atoms with Crippen LogP contribution in [0.4, 0.5) is 0 Å². The number of β-lactam (4-membered cyclic amide) rings is 1. The lowest BCUT2D eigenvalue weighted by Gasteiger charge is -2.45. The zero-order chi connectivity index (χ0) is 21.1. The molecule has 0 radical (unpaired) electrons. The molecule has 0 unspecified atom stereocenters. The molecule has 3 amide bonds. The Morgan fingerprint density at radius 1 is 1.14 bits per heavy atom. The van der Waals surface area contributed by atoms with Crippen LogP contribution in [0.25, 0.3) is 0 Å². The Balaban J connectivity index is 1.48. The average Bonchev–Trinajstić information content (AvgIpc) is 3.38. The number of rotatable bonds is 4. The molecule has 4 aliphatic heterocycles. The van der Waals surface area contributed by atoms with Gasteiger partial charge in [-0.15, -0.1) is 11.8 Å². The number of nitrogens with zero attached hydrogens (tertiary/aromatic N) is 3. The number of carbonyl (C=O) groups excluding carboxylic acids is 3. The topological polar surface area (TPSA) is 118 Å². The third-order valence-electron chi connectivity index (χ3n) is 6.55. The second kappa shape index (κ2) is 7.16. The Morgan fingerprint density at radius 2 is 1.79 bits per heavy atom. The number of aliphatic hydroxyl groups is 1. The highest BCUT2D eigenvalue weighted by Gasteiger charge is 2.66. The summed E-state index contributed by atoms with van der Waals surface area (Å²) in [6.45, 7) is 5.27. The van der Waals surface area contributed by atoms with Crippen molar-refractivity contribution in [1.82, 2.24) is 14.7 Å². The molecule has 160 valence electrons. The lowest BCUT2D eigenvalue weighted by molar-refractivity contribution is -0.174. The van der Waals surface area contributed by atoms with Crippen LogP contribution in [0.5, 0.6) is 0 Å². The minimum Gasteiger partial charge on any atom is -0.480 e. The highest BCUT2D eigenvalue weighted by Crippen LogP contribution is 2.54. The number of thioether (sulfide) groups is 1. The van der Waals surface area contributed by atoms with Gasteiger partial charge in [0.05, 0.1) is 5.37 Å². The molecule has 4 rings (SSSR count). The Bertz CT molecular complexity index is 752. The molecule has 4 heterocycles. The Kier molecular flexibility index (Phi) is 5.05. The van der Waals surface area contributed by atoms with E-state index in [2.05, 4.69) is 0 Å². The van der Waals surface area contributed by atoms with Gasteiger partial charge in [0.15, 0.2) is 0 Å². The summed E-state index contributed by atoms with van der Waals surface area (Å²) < 4.78 is -0.717. The van der Waals surface area contributed by atoms with E-state index < -0.39 is 52.0 Å². The van der Waals surface area contributed by atoms with Crippen LogP contribution in [0.1, 0.15) is 39.5 Å². The number of likely N-dealkylation sites (tertiary alicyclic amines) is 2. The van der Waals surface area contributed by atoms with E-state index in [1.54, 1.807) is 18.7 Å². The van der Waals surface area contributed by atoms with Gasteiger partial charge in [-0.25, -0.2) is 4.79 Å². The van der Waals surface area contributed by atoms with Crippen LogP contribution >= 0.6 is 11.8 Å². The first-order chi connectivity index (χ1) is 13.6. The number of hydrogen-bond acceptors (Lipinski definition) is 6. The van der Waals surface area contributed by atoms with Crippen molar-refractivity contribution in [2.75, 3.05) is 19.6 Å². The first-order valence-corrected chi connectivity index (χ1v) is 11.0. The summed E-state index contributed by atoms with van der Waals surface area (Å²) >= 11 is 1.30. The predicted octanol–water partition coefficient (Wildman–Crippen LogP) is -0.276. The lowest BCUT2D eigenvalue weighted by Crippen LogP contribution is -2.67. The largest absolute Gasteiger partial charge is 0.480 e. The van der Waals surface area contributed by atoms with E-state index in [0.717, 1.165) is 12.8 Å². The fraction of sp³-hybridized carbons (Fsp3) is 0.789. The molecule has 0 saturated carbocycles. The van der Waals surface area contributed by atoms with Crippen LogP contribution in [-0.4, -0.2) is 96.5 Å². The van der Waals surface area contributed by atoms with E-state index in [-0.39, 0.29) is 5.91 Å². The fourth-order valence-corrected chi connectivity index (χ4v) is 6.81. The van der Waals surface area contributed by atoms with Crippen LogP contribution in [0.15, 0.2) is 0 Å². The number of carboxylic acids is 1. The molecule has 4 fully saturated rings. The molecule has 5 atom stereocenters. The van der Waals surface area contributed by atoms with Crippen LogP contribution < -0.4 is 0 Å². The monoisotopic (exact) mass is 425 g/mol. The number of amides is 3. The second-order valence-electron chi connectivity index (χ2n) is 8.79. The summed E-state index contributed by atoms with van der Waals surface area (Å²) in [4.78, 5) is 54.6. The number of aliphatic carboxylic acids is 1. The summed E-state index contributed by atoms with van der Waals surface area (Å²) in [5, 5.41) is 19.7. The summed E-state index contributed by atoms with van der Waals surface area (Å²) in [5.41, 5.74) is 0. The maximum Gasteiger partial charge on any atom is 0.327 e. The van der Waals surface area contributed by atoms with E-state index in [9.17, 15) is 29.4 Å². The summed E-state index contributed by atoms with van der Waals surface area (Å²) in [5.74, 6) is -3.25. The molecular weight excluding hydrogens is 398 g/mol. The lowest BCUT2D eigenvalue weighted by atomic mass is 9.87. The number of fused-ring (bicyclic) bond motifs is 1. The molecule has 9 nitrogen and oxygen atoms in total. The second-order valence-corrected chi connectivity index (χ2v) is 10.6. The summed E-state index contributed by atoms with van der Waals surface area (Å²) in [6.07, 6.45) is 1.60. The summed E-state index contributed by atoms with van der Waals surface area (Å²) in [6, 6.07) is -1.57. The number of hydrogen-bond donors (Lipinski definition) is 2. The van der Waals surface area contributed by atoms with Crippen molar-refractivity contribution >= 4 is 35.5 Å². The van der Waals surface area contributed by atoms with Gasteiger partial charge in [-0.1, -0.05) is 0 Å². The van der Waals surface area contributed by atoms with Crippen molar-refractivity contribution in [3.8, 4) is 0 Å². The highest BCUT2D eigenvalue weighted by molar-refractivity contribution is 8.01. The summed E-state index contributed by atoms with van der Waals surface area (Å²) in [7, 11) is 0. The van der Waals surface area contributed by atoms with Crippen molar-refractivity contribution in [3.05, 3.63) is 0 Å². The van der Waals surface area contributed by atoms with Gasteiger partial charge in [-0.05, 0) is 39.5 Å². The number of aliphatic hydroxyl groups excluding tert-OH is 1. The van der Waals surface area contributed by atoms with E-state index in [1.165, 1.54) is 21.6 Å². The molecule has 0 aromatic rings. The minimum atomic E-state index is -1.56. The Labute approximate surface area is 173 Å². The third kappa shape index (κ3) is 3.11. The van der Waals surface area contributed by atoms with Crippen molar-refractivity contribution in [2.24, 2.45) is 5.92 Å².